The van der Waals surface area contributed by atoms with E-state index in [0.29, 0.717) is 30.4 Å². The normalized spacial score (nSPS) is 11.2. The second-order valence-electron chi connectivity index (χ2n) is 5.38. The van der Waals surface area contributed by atoms with Gasteiger partial charge in [0.15, 0.2) is 5.82 Å². The Kier molecular flexibility index (Phi) is 3.82. The summed E-state index contributed by atoms with van der Waals surface area (Å²) in [7, 11) is 0. The minimum absolute atomic E-state index is 0.132. The maximum Gasteiger partial charge on any atom is 0.263 e. The third-order valence-corrected chi connectivity index (χ3v) is 3.05. The second-order valence-corrected chi connectivity index (χ2v) is 5.38. The molecule has 3 aromatic heterocycles. The summed E-state index contributed by atoms with van der Waals surface area (Å²) in [6.45, 7) is 5.10. The fraction of sp³-hybridized carbons (Fsp3) is 0.357. The lowest BCUT2D eigenvalue weighted by Gasteiger charge is -2.08. The molecular weight excluding hydrogens is 284 g/mol. The van der Waals surface area contributed by atoms with Crippen molar-refractivity contribution in [3.05, 3.63) is 47.2 Å². The van der Waals surface area contributed by atoms with Crippen molar-refractivity contribution in [2.75, 3.05) is 0 Å². The quantitative estimate of drug-likeness (QED) is 0.703. The molecule has 0 aliphatic carbocycles. The zero-order chi connectivity index (χ0) is 15.5. The molecule has 114 valence electrons. The Labute approximate surface area is 126 Å². The van der Waals surface area contributed by atoms with Crippen LogP contribution in [0.5, 0.6) is 0 Å². The predicted octanol–water partition coefficient (Wildman–Crippen LogP) is 1.19. The van der Waals surface area contributed by atoms with Gasteiger partial charge in [0.2, 0.25) is 0 Å². The highest BCUT2D eigenvalue weighted by molar-refractivity contribution is 5.50. The Bertz CT molecular complexity index is 803. The van der Waals surface area contributed by atoms with Crippen molar-refractivity contribution in [2.45, 2.75) is 26.9 Å². The van der Waals surface area contributed by atoms with Gasteiger partial charge in [-0.2, -0.15) is 10.1 Å². The summed E-state index contributed by atoms with van der Waals surface area (Å²) in [6, 6.07) is 3.49. The maximum atomic E-state index is 12.4. The molecule has 0 atom stereocenters. The van der Waals surface area contributed by atoms with Gasteiger partial charge < -0.3 is 9.09 Å². The summed E-state index contributed by atoms with van der Waals surface area (Å²) in [5, 5.41) is 7.85. The lowest BCUT2D eigenvalue weighted by Crippen LogP contribution is -2.23. The predicted molar refractivity (Wildman–Crippen MR) is 78.0 cm³/mol. The van der Waals surface area contributed by atoms with Crippen LogP contribution < -0.4 is 5.56 Å². The van der Waals surface area contributed by atoms with Crippen molar-refractivity contribution in [1.29, 1.82) is 0 Å². The van der Waals surface area contributed by atoms with Crippen molar-refractivity contribution in [3.8, 4) is 11.5 Å². The first-order chi connectivity index (χ1) is 10.6. The van der Waals surface area contributed by atoms with E-state index in [0.717, 1.165) is 0 Å². The lowest BCUT2D eigenvalue weighted by atomic mass is 10.2. The topological polar surface area (TPSA) is 91.6 Å². The third kappa shape index (κ3) is 2.95. The largest absolute Gasteiger partial charge is 0.334 e. The van der Waals surface area contributed by atoms with E-state index in [1.807, 2.05) is 0 Å². The van der Waals surface area contributed by atoms with E-state index in [1.54, 1.807) is 33.9 Å². The molecule has 0 N–H and O–H groups in total. The molecule has 0 unspecified atom stereocenters. The molecule has 0 radical (unpaired) electrons. The van der Waals surface area contributed by atoms with Crippen molar-refractivity contribution < 1.29 is 4.52 Å². The van der Waals surface area contributed by atoms with Crippen LogP contribution in [0.15, 0.2) is 40.3 Å². The molecule has 0 fully saturated rings. The minimum atomic E-state index is -0.132. The highest BCUT2D eigenvalue weighted by atomic mass is 16.5. The van der Waals surface area contributed by atoms with Gasteiger partial charge in [0.25, 0.3) is 11.4 Å². The Morgan fingerprint density at radius 2 is 2.23 bits per heavy atom. The summed E-state index contributed by atoms with van der Waals surface area (Å²) >= 11 is 0. The maximum absolute atomic E-state index is 12.4. The van der Waals surface area contributed by atoms with E-state index in [2.05, 4.69) is 34.1 Å². The molecule has 0 bridgehead atoms. The fourth-order valence-electron chi connectivity index (χ4n) is 2.12. The Hall–Kier alpha value is -2.77. The monoisotopic (exact) mass is 300 g/mol. The standard InChI is InChI=1S/C14H16N6O2/c1-10(2)6-19-5-3-4-11(14(19)21)13-17-12(18-22-13)7-20-9-15-8-16-20/h3-5,8-10H,6-7H2,1-2H3. The van der Waals surface area contributed by atoms with Gasteiger partial charge >= 0.3 is 0 Å². The average Bonchev–Trinajstić information content (AvgIpc) is 3.13. The zero-order valence-corrected chi connectivity index (χ0v) is 12.4. The van der Waals surface area contributed by atoms with E-state index in [1.165, 1.54) is 6.33 Å². The van der Waals surface area contributed by atoms with Crippen LogP contribution in [0.2, 0.25) is 0 Å². The lowest BCUT2D eigenvalue weighted by molar-refractivity contribution is 0.417. The molecule has 3 rings (SSSR count). The summed E-state index contributed by atoms with van der Waals surface area (Å²) in [5.41, 5.74) is 0.271. The first-order valence-electron chi connectivity index (χ1n) is 6.98. The number of rotatable bonds is 5. The van der Waals surface area contributed by atoms with E-state index < -0.39 is 0 Å². The van der Waals surface area contributed by atoms with Crippen LogP contribution in [-0.4, -0.2) is 29.5 Å². The number of hydrogen-bond donors (Lipinski definition) is 0. The molecule has 3 heterocycles. The van der Waals surface area contributed by atoms with Gasteiger partial charge in [0.05, 0.1) is 0 Å². The molecule has 0 aliphatic rings. The van der Waals surface area contributed by atoms with Crippen molar-refractivity contribution in [3.63, 3.8) is 0 Å². The van der Waals surface area contributed by atoms with Gasteiger partial charge in [-0.05, 0) is 18.1 Å². The van der Waals surface area contributed by atoms with Crippen molar-refractivity contribution >= 4 is 0 Å². The van der Waals surface area contributed by atoms with E-state index in [4.69, 9.17) is 4.52 Å². The van der Waals surface area contributed by atoms with Crippen LogP contribution in [0.4, 0.5) is 0 Å². The van der Waals surface area contributed by atoms with Crippen molar-refractivity contribution in [1.82, 2.24) is 29.5 Å². The van der Waals surface area contributed by atoms with Gasteiger partial charge in [-0.15, -0.1) is 0 Å². The molecule has 3 aromatic rings. The summed E-state index contributed by atoms with van der Waals surface area (Å²) in [6.07, 6.45) is 4.76. The van der Waals surface area contributed by atoms with Gasteiger partial charge in [0, 0.05) is 12.7 Å². The first-order valence-corrected chi connectivity index (χ1v) is 6.98. The molecular formula is C14H16N6O2. The zero-order valence-electron chi connectivity index (χ0n) is 12.4. The second kappa shape index (κ2) is 5.92. The van der Waals surface area contributed by atoms with E-state index in [-0.39, 0.29) is 11.4 Å². The molecule has 0 saturated carbocycles. The van der Waals surface area contributed by atoms with E-state index in [9.17, 15) is 4.79 Å². The van der Waals surface area contributed by atoms with E-state index >= 15 is 0 Å². The SMILES string of the molecule is CC(C)Cn1cccc(-c2nc(Cn3cncn3)no2)c1=O. The Balaban J connectivity index is 1.88. The molecule has 0 amide bonds. The average molecular weight is 300 g/mol. The van der Waals surface area contributed by atoms with Gasteiger partial charge in [-0.1, -0.05) is 19.0 Å². The number of nitrogens with zero attached hydrogens (tertiary/aromatic N) is 6. The summed E-state index contributed by atoms with van der Waals surface area (Å²) in [5.74, 6) is 1.04. The van der Waals surface area contributed by atoms with Crippen LogP contribution in [0.3, 0.4) is 0 Å². The smallest absolute Gasteiger partial charge is 0.263 e. The van der Waals surface area contributed by atoms with Gasteiger partial charge in [0.1, 0.15) is 24.8 Å². The first kappa shape index (κ1) is 14.2. The van der Waals surface area contributed by atoms with Gasteiger partial charge in [-0.25, -0.2) is 9.67 Å². The molecule has 0 aromatic carbocycles. The summed E-state index contributed by atoms with van der Waals surface area (Å²) in [4.78, 5) is 20.5. The van der Waals surface area contributed by atoms with Crippen LogP contribution in [0, 0.1) is 5.92 Å². The fourth-order valence-corrected chi connectivity index (χ4v) is 2.12. The van der Waals surface area contributed by atoms with Crippen LogP contribution in [0.1, 0.15) is 19.7 Å². The molecule has 0 saturated heterocycles. The molecule has 0 aliphatic heterocycles. The number of aromatic nitrogens is 6. The molecule has 22 heavy (non-hydrogen) atoms. The Morgan fingerprint density at radius 1 is 1.36 bits per heavy atom. The number of pyridine rings is 1. The molecule has 8 nitrogen and oxygen atoms in total. The van der Waals surface area contributed by atoms with Crippen molar-refractivity contribution in [2.24, 2.45) is 5.92 Å². The van der Waals surface area contributed by atoms with Crippen LogP contribution in [-0.2, 0) is 13.1 Å². The van der Waals surface area contributed by atoms with Crippen LogP contribution in [0.25, 0.3) is 11.5 Å². The minimum Gasteiger partial charge on any atom is -0.334 e. The molecule has 8 heteroatoms. The highest BCUT2D eigenvalue weighted by Crippen LogP contribution is 2.13. The van der Waals surface area contributed by atoms with Crippen LogP contribution >= 0.6 is 0 Å². The highest BCUT2D eigenvalue weighted by Gasteiger charge is 2.14. The van der Waals surface area contributed by atoms with Gasteiger partial charge in [-0.3, -0.25) is 4.79 Å². The summed E-state index contributed by atoms with van der Waals surface area (Å²) < 4.78 is 8.44. The molecule has 0 spiro atoms. The number of hydrogen-bond acceptors (Lipinski definition) is 6. The Morgan fingerprint density at radius 3 is 2.95 bits per heavy atom. The third-order valence-electron chi connectivity index (χ3n) is 3.05.